The lowest BCUT2D eigenvalue weighted by Gasteiger charge is -2.18. The number of carbonyl (C=O) groups excluding carboxylic acids is 5. The summed E-state index contributed by atoms with van der Waals surface area (Å²) in [5, 5.41) is 68.5. The Hall–Kier alpha value is -6.95. The molecule has 0 bridgehead atoms. The summed E-state index contributed by atoms with van der Waals surface area (Å²) in [4.78, 5) is 133. The summed E-state index contributed by atoms with van der Waals surface area (Å²) in [5.74, 6) is -13.2. The van der Waals surface area contributed by atoms with Crippen LogP contribution in [0, 0.1) is 5.95 Å². The van der Waals surface area contributed by atoms with Crippen molar-refractivity contribution in [1.29, 1.82) is 0 Å². The van der Waals surface area contributed by atoms with Gasteiger partial charge in [0, 0.05) is 38.4 Å². The molecule has 24 nitrogen and oxygen atoms in total. The third-order valence-corrected chi connectivity index (χ3v) is 7.94. The van der Waals surface area contributed by atoms with Crippen LogP contribution in [0.5, 0.6) is 0 Å². The van der Waals surface area contributed by atoms with E-state index in [-0.39, 0.29) is 31.4 Å². The normalized spacial score (nSPS) is 13.2. The zero-order chi connectivity index (χ0) is 43.9. The Kier molecular flexibility index (Phi) is 21.4. The van der Waals surface area contributed by atoms with Gasteiger partial charge in [-0.25, -0.2) is 33.8 Å². The summed E-state index contributed by atoms with van der Waals surface area (Å²) in [5.41, 5.74) is -0.164. The van der Waals surface area contributed by atoms with Crippen molar-refractivity contribution in [1.82, 2.24) is 36.9 Å². The summed E-state index contributed by atoms with van der Waals surface area (Å²) in [6.45, 7) is -0.000645. The number of pyridine rings is 1. The minimum atomic E-state index is -1.66. The molecule has 12 N–H and O–H groups in total. The largest absolute Gasteiger partial charge is 0.481 e. The Morgan fingerprint density at radius 3 is 1.36 bits per heavy atom. The lowest BCUT2D eigenvalue weighted by Crippen LogP contribution is -2.51. The third kappa shape index (κ3) is 20.1. The van der Waals surface area contributed by atoms with Gasteiger partial charge >= 0.3 is 41.8 Å². The van der Waals surface area contributed by atoms with Crippen LogP contribution >= 0.6 is 0 Å². The molecule has 1 aromatic rings. The summed E-state index contributed by atoms with van der Waals surface area (Å²) in [7, 11) is 0. The second-order valence-electron chi connectivity index (χ2n) is 12.4. The molecule has 0 aromatic carbocycles. The molecule has 1 heterocycles. The van der Waals surface area contributed by atoms with Crippen molar-refractivity contribution in [3.63, 3.8) is 0 Å². The first-order valence-electron chi connectivity index (χ1n) is 17.4. The number of carbonyl (C=O) groups is 11. The van der Waals surface area contributed by atoms with E-state index in [1.165, 1.54) is 0 Å². The average Bonchev–Trinajstić information content (AvgIpc) is 3.13. The van der Waals surface area contributed by atoms with E-state index in [0.717, 1.165) is 18.3 Å². The van der Waals surface area contributed by atoms with Crippen LogP contribution in [-0.4, -0.2) is 138 Å². The first-order chi connectivity index (χ1) is 27.2. The van der Waals surface area contributed by atoms with Gasteiger partial charge in [-0.2, -0.15) is 4.39 Å². The van der Waals surface area contributed by atoms with E-state index >= 15 is 0 Å². The Bertz CT molecular complexity index is 1680. The molecule has 1 rings (SSSR count). The molecule has 0 radical (unpaired) electrons. The zero-order valence-corrected chi connectivity index (χ0v) is 30.6. The van der Waals surface area contributed by atoms with Gasteiger partial charge in [-0.05, 0) is 57.1 Å². The summed E-state index contributed by atoms with van der Waals surface area (Å²) >= 11 is 0. The maximum Gasteiger partial charge on any atom is 0.326 e. The van der Waals surface area contributed by atoms with Crippen molar-refractivity contribution in [2.75, 3.05) is 6.54 Å². The number of aliphatic carboxylic acids is 6. The van der Waals surface area contributed by atoms with Crippen molar-refractivity contribution in [3.05, 3.63) is 29.8 Å². The van der Waals surface area contributed by atoms with E-state index in [1.54, 1.807) is 0 Å². The summed E-state index contributed by atoms with van der Waals surface area (Å²) in [6, 6.07) is -7.12. The zero-order valence-electron chi connectivity index (χ0n) is 30.6. The van der Waals surface area contributed by atoms with Gasteiger partial charge in [-0.3, -0.25) is 24.0 Å². The number of aromatic nitrogens is 1. The highest BCUT2D eigenvalue weighted by atomic mass is 19.1. The van der Waals surface area contributed by atoms with Crippen molar-refractivity contribution >= 4 is 65.5 Å². The molecule has 0 spiro atoms. The number of rotatable bonds is 28. The summed E-state index contributed by atoms with van der Waals surface area (Å²) in [6.07, 6.45) is -2.91. The molecule has 0 aliphatic heterocycles. The van der Waals surface area contributed by atoms with E-state index < -0.39 is 153 Å². The number of hydrogen-bond donors (Lipinski definition) is 12. The minimum Gasteiger partial charge on any atom is -0.481 e. The fourth-order valence-corrected chi connectivity index (χ4v) is 4.81. The maximum atomic E-state index is 13.0. The van der Waals surface area contributed by atoms with Crippen molar-refractivity contribution in [2.24, 2.45) is 0 Å². The third-order valence-electron chi connectivity index (χ3n) is 7.94. The number of halogens is 1. The van der Waals surface area contributed by atoms with E-state index in [9.17, 15) is 77.6 Å². The Balaban J connectivity index is 2.51. The lowest BCUT2D eigenvalue weighted by atomic mass is 10.1. The Labute approximate surface area is 327 Å². The molecule has 25 heteroatoms. The van der Waals surface area contributed by atoms with Crippen molar-refractivity contribution < 1.29 is 87.8 Å². The number of nitrogens with zero attached hydrogens (tertiary/aromatic N) is 1. The number of carboxylic acid groups (broad SMARTS) is 6. The quantitative estimate of drug-likeness (QED) is 0.0329. The molecular weight excluding hydrogens is 785 g/mol. The molecule has 6 amide bonds. The maximum absolute atomic E-state index is 13.0. The molecule has 58 heavy (non-hydrogen) atoms. The van der Waals surface area contributed by atoms with Crippen LogP contribution in [0.15, 0.2) is 18.3 Å². The van der Waals surface area contributed by atoms with Crippen molar-refractivity contribution in [3.8, 4) is 0 Å². The summed E-state index contributed by atoms with van der Waals surface area (Å²) < 4.78 is 13.0. The van der Waals surface area contributed by atoms with Crippen molar-refractivity contribution in [2.45, 2.75) is 101 Å². The molecule has 320 valence electrons. The fourth-order valence-electron chi connectivity index (χ4n) is 4.81. The average molecular weight is 830 g/mol. The lowest BCUT2D eigenvalue weighted by molar-refractivity contribution is -0.143. The van der Waals surface area contributed by atoms with Crippen LogP contribution < -0.4 is 31.9 Å². The standard InChI is InChI=1S/C33H44FN7O17/c34-22-9-4-16(15-36-22)27(47)39-20(31(54)55)7-12-25(44)38-19(30(52)53)6-11-24(43)37-18(29(50)51)5-10-23(42)35-14-2-1-3-17(28(48)49)40-33(58)41-21(32(56)57)8-13-26(45)46/h4,9,15,17-21H,1-3,5-8,10-14H2,(H,35,42)(H,37,43)(H,38,44)(H,39,47)(H,45,46)(H,48,49)(H,50,51)(H,52,53)(H,54,55)(H,56,57)(H2,40,41,58). The van der Waals surface area contributed by atoms with E-state index in [2.05, 4.69) is 31.6 Å². The molecule has 5 atom stereocenters. The fraction of sp³-hybridized carbons (Fsp3) is 0.515. The SMILES string of the molecule is O=C(O)CCC(NC(=O)NC(CCCCNC(=O)CCC(NC(=O)CCC(NC(=O)CCC(NC(=O)c1ccc(F)nc1)C(=O)O)C(=O)O)C(=O)O)C(=O)O)C(=O)O. The molecule has 1 aromatic heterocycles. The number of urea groups is 1. The number of hydrogen-bond acceptors (Lipinski definition) is 12. The van der Waals surface area contributed by atoms with Crippen LogP contribution in [0.2, 0.25) is 0 Å². The highest BCUT2D eigenvalue weighted by Crippen LogP contribution is 2.07. The van der Waals surface area contributed by atoms with Gasteiger partial charge in [-0.15, -0.1) is 0 Å². The molecule has 0 saturated heterocycles. The van der Waals surface area contributed by atoms with Crippen LogP contribution in [0.25, 0.3) is 0 Å². The Morgan fingerprint density at radius 2 is 0.931 bits per heavy atom. The van der Waals surface area contributed by atoms with Crippen LogP contribution in [-0.2, 0) is 43.2 Å². The predicted octanol–water partition coefficient (Wildman–Crippen LogP) is -1.76. The molecular formula is C33H44FN7O17. The van der Waals surface area contributed by atoms with E-state index in [4.69, 9.17) is 10.2 Å². The molecule has 5 unspecified atom stereocenters. The Morgan fingerprint density at radius 1 is 0.517 bits per heavy atom. The van der Waals surface area contributed by atoms with Gasteiger partial charge in [0.15, 0.2) is 0 Å². The first-order valence-corrected chi connectivity index (χ1v) is 17.4. The number of unbranched alkanes of at least 4 members (excludes halogenated alkanes) is 1. The number of amides is 6. The van der Waals surface area contributed by atoms with Gasteiger partial charge in [0.25, 0.3) is 5.91 Å². The van der Waals surface area contributed by atoms with Gasteiger partial charge in [0.2, 0.25) is 23.7 Å². The van der Waals surface area contributed by atoms with E-state index in [0.29, 0.717) is 0 Å². The van der Waals surface area contributed by atoms with Gasteiger partial charge < -0.3 is 62.5 Å². The molecule has 0 aliphatic rings. The van der Waals surface area contributed by atoms with Gasteiger partial charge in [0.1, 0.15) is 30.2 Å². The van der Waals surface area contributed by atoms with Crippen LogP contribution in [0.1, 0.15) is 81.0 Å². The predicted molar refractivity (Wildman–Crippen MR) is 188 cm³/mol. The molecule has 0 saturated carbocycles. The number of carboxylic acids is 6. The van der Waals surface area contributed by atoms with Gasteiger partial charge in [0.05, 0.1) is 5.56 Å². The van der Waals surface area contributed by atoms with Crippen LogP contribution in [0.3, 0.4) is 0 Å². The second kappa shape index (κ2) is 25.3. The number of nitrogens with one attached hydrogen (secondary N) is 6. The van der Waals surface area contributed by atoms with E-state index in [1.807, 2.05) is 5.32 Å². The second-order valence-corrected chi connectivity index (χ2v) is 12.4. The topological polar surface area (TPSA) is 394 Å². The highest BCUT2D eigenvalue weighted by Gasteiger charge is 2.28. The highest BCUT2D eigenvalue weighted by molar-refractivity contribution is 5.96. The van der Waals surface area contributed by atoms with Gasteiger partial charge in [-0.1, -0.05) is 0 Å². The smallest absolute Gasteiger partial charge is 0.326 e. The van der Waals surface area contributed by atoms with Crippen LogP contribution in [0.4, 0.5) is 9.18 Å². The molecule has 0 aliphatic carbocycles. The first kappa shape index (κ1) is 49.1. The monoisotopic (exact) mass is 829 g/mol. The molecule has 0 fully saturated rings. The minimum absolute atomic E-state index is 0.000645.